The van der Waals surface area contributed by atoms with Gasteiger partial charge in [-0.05, 0) is 67.3 Å². The molecular weight excluding hydrogens is 426 g/mol. The number of rotatable bonds is 9. The summed E-state index contributed by atoms with van der Waals surface area (Å²) in [6.07, 6.45) is 6.61. The molecule has 6 nitrogen and oxygen atoms in total. The zero-order valence-electron chi connectivity index (χ0n) is 19.2. The van der Waals surface area contributed by atoms with E-state index in [1.54, 1.807) is 14.2 Å². The highest BCUT2D eigenvalue weighted by Gasteiger charge is 2.30. The molecule has 2 aromatic rings. The summed E-state index contributed by atoms with van der Waals surface area (Å²) in [5.74, 6) is 1.93. The van der Waals surface area contributed by atoms with Crippen LogP contribution in [0, 0.1) is 6.92 Å². The fourth-order valence-corrected chi connectivity index (χ4v) is 5.50. The van der Waals surface area contributed by atoms with Gasteiger partial charge in [-0.3, -0.25) is 4.79 Å². The van der Waals surface area contributed by atoms with Crippen molar-refractivity contribution < 1.29 is 23.7 Å². The summed E-state index contributed by atoms with van der Waals surface area (Å²) < 4.78 is 23.0. The Hall–Kier alpha value is -2.25. The Labute approximate surface area is 194 Å². The Morgan fingerprint density at radius 2 is 1.84 bits per heavy atom. The zero-order valence-corrected chi connectivity index (χ0v) is 20.0. The molecule has 1 saturated heterocycles. The minimum Gasteiger partial charge on any atom is -0.493 e. The van der Waals surface area contributed by atoms with Gasteiger partial charge in [-0.25, -0.2) is 0 Å². The molecule has 1 aliphatic heterocycles. The topological polar surface area (TPSA) is 57.2 Å². The van der Waals surface area contributed by atoms with Gasteiger partial charge < -0.3 is 23.8 Å². The summed E-state index contributed by atoms with van der Waals surface area (Å²) in [5, 5.41) is 1.99. The summed E-state index contributed by atoms with van der Waals surface area (Å²) in [7, 11) is 3.26. The van der Waals surface area contributed by atoms with Gasteiger partial charge in [0.15, 0.2) is 11.5 Å². The van der Waals surface area contributed by atoms with E-state index in [2.05, 4.69) is 0 Å². The minimum atomic E-state index is 0.105. The number of hydrogen-bond donors (Lipinski definition) is 0. The van der Waals surface area contributed by atoms with Crippen molar-refractivity contribution in [2.24, 2.45) is 0 Å². The second-order valence-electron chi connectivity index (χ2n) is 8.58. The first-order chi connectivity index (χ1) is 15.6. The first kappa shape index (κ1) is 22.9. The van der Waals surface area contributed by atoms with Crippen molar-refractivity contribution in [1.82, 2.24) is 4.90 Å². The van der Waals surface area contributed by atoms with E-state index in [1.807, 2.05) is 35.4 Å². The van der Waals surface area contributed by atoms with Crippen LogP contribution in [0.25, 0.3) is 0 Å². The minimum absolute atomic E-state index is 0.105. The highest BCUT2D eigenvalue weighted by molar-refractivity contribution is 7.12. The van der Waals surface area contributed by atoms with Crippen molar-refractivity contribution in [3.05, 3.63) is 39.6 Å². The zero-order chi connectivity index (χ0) is 22.5. The SMILES string of the molecule is COc1cc(CN(C(=O)c2sccc2C)C2CCCC2)cc(OC)c1OC[C@H]1CCCO1. The normalized spacial score (nSPS) is 18.7. The fraction of sp³-hybridized carbons (Fsp3) is 0.560. The van der Waals surface area contributed by atoms with Crippen LogP contribution in [-0.2, 0) is 11.3 Å². The molecule has 1 aromatic carbocycles. The van der Waals surface area contributed by atoms with Crippen molar-refractivity contribution in [3.63, 3.8) is 0 Å². The number of thiophene rings is 1. The van der Waals surface area contributed by atoms with Crippen LogP contribution in [0.1, 0.15) is 59.3 Å². The third-order valence-corrected chi connectivity index (χ3v) is 7.40. The summed E-state index contributed by atoms with van der Waals surface area (Å²) in [6, 6.07) is 6.20. The molecule has 1 aromatic heterocycles. The van der Waals surface area contributed by atoms with E-state index >= 15 is 0 Å². The molecule has 0 bridgehead atoms. The van der Waals surface area contributed by atoms with Crippen molar-refractivity contribution >= 4 is 17.2 Å². The van der Waals surface area contributed by atoms with E-state index < -0.39 is 0 Å². The molecule has 2 aliphatic rings. The van der Waals surface area contributed by atoms with E-state index in [1.165, 1.54) is 24.2 Å². The van der Waals surface area contributed by atoms with Gasteiger partial charge in [-0.15, -0.1) is 11.3 Å². The van der Waals surface area contributed by atoms with Crippen LogP contribution < -0.4 is 14.2 Å². The van der Waals surface area contributed by atoms with Gasteiger partial charge in [0.05, 0.1) is 25.2 Å². The Bertz CT molecular complexity index is 890. The summed E-state index contributed by atoms with van der Waals surface area (Å²) in [4.78, 5) is 16.3. The first-order valence-electron chi connectivity index (χ1n) is 11.4. The number of carbonyl (C=O) groups is 1. The van der Waals surface area contributed by atoms with E-state index in [4.69, 9.17) is 18.9 Å². The number of hydrogen-bond acceptors (Lipinski definition) is 6. The Morgan fingerprint density at radius 1 is 1.12 bits per heavy atom. The molecule has 1 saturated carbocycles. The molecule has 7 heteroatoms. The van der Waals surface area contributed by atoms with E-state index in [9.17, 15) is 4.79 Å². The molecule has 1 aliphatic carbocycles. The molecule has 174 valence electrons. The highest BCUT2D eigenvalue weighted by Crippen LogP contribution is 2.40. The van der Waals surface area contributed by atoms with E-state index in [-0.39, 0.29) is 18.1 Å². The van der Waals surface area contributed by atoms with Crippen LogP contribution in [0.15, 0.2) is 23.6 Å². The maximum absolute atomic E-state index is 13.5. The van der Waals surface area contributed by atoms with Crippen molar-refractivity contribution in [3.8, 4) is 17.2 Å². The number of carbonyl (C=O) groups excluding carboxylic acids is 1. The summed E-state index contributed by atoms with van der Waals surface area (Å²) in [5.41, 5.74) is 2.01. The van der Waals surface area contributed by atoms with E-state index in [0.29, 0.717) is 30.4 Å². The molecule has 0 N–H and O–H groups in total. The van der Waals surface area contributed by atoms with Crippen LogP contribution in [0.5, 0.6) is 17.2 Å². The van der Waals surface area contributed by atoms with Gasteiger partial charge >= 0.3 is 0 Å². The molecule has 1 atom stereocenters. The van der Waals surface area contributed by atoms with Crippen LogP contribution in [0.3, 0.4) is 0 Å². The monoisotopic (exact) mass is 459 g/mol. The van der Waals surface area contributed by atoms with Crippen molar-refractivity contribution in [2.75, 3.05) is 27.4 Å². The van der Waals surface area contributed by atoms with Crippen LogP contribution >= 0.6 is 11.3 Å². The number of benzene rings is 1. The van der Waals surface area contributed by atoms with Gasteiger partial charge in [0.1, 0.15) is 6.61 Å². The number of aryl methyl sites for hydroxylation is 1. The second-order valence-corrected chi connectivity index (χ2v) is 9.50. The number of nitrogens with zero attached hydrogens (tertiary/aromatic N) is 1. The molecule has 2 fully saturated rings. The molecule has 0 radical (unpaired) electrons. The third-order valence-electron chi connectivity index (χ3n) is 6.39. The second kappa shape index (κ2) is 10.6. The van der Waals surface area contributed by atoms with Gasteiger partial charge in [0.2, 0.25) is 5.75 Å². The molecule has 4 rings (SSSR count). The quantitative estimate of drug-likeness (QED) is 0.515. The van der Waals surface area contributed by atoms with Crippen molar-refractivity contribution in [1.29, 1.82) is 0 Å². The van der Waals surface area contributed by atoms with Crippen LogP contribution in [0.4, 0.5) is 0 Å². The summed E-state index contributed by atoms with van der Waals surface area (Å²) >= 11 is 1.52. The average molecular weight is 460 g/mol. The van der Waals surface area contributed by atoms with Crippen LogP contribution in [-0.4, -0.2) is 50.4 Å². The average Bonchev–Trinajstić information content (AvgIpc) is 3.58. The maximum atomic E-state index is 13.5. The number of methoxy groups -OCH3 is 2. The predicted molar refractivity (Wildman–Crippen MR) is 125 cm³/mol. The van der Waals surface area contributed by atoms with Gasteiger partial charge in [0.25, 0.3) is 5.91 Å². The maximum Gasteiger partial charge on any atom is 0.264 e. The molecule has 2 heterocycles. The fourth-order valence-electron chi connectivity index (χ4n) is 4.62. The van der Waals surface area contributed by atoms with Gasteiger partial charge in [0, 0.05) is 19.2 Å². The number of amides is 1. The largest absolute Gasteiger partial charge is 0.493 e. The standard InChI is InChI=1S/C25H33NO5S/c1-17-10-12-32-24(17)25(27)26(19-7-4-5-8-19)15-18-13-21(28-2)23(22(14-18)29-3)31-16-20-9-6-11-30-20/h10,12-14,19-20H,4-9,11,15-16H2,1-3H3/t20-/m1/s1. The van der Waals surface area contributed by atoms with Crippen molar-refractivity contribution in [2.45, 2.75) is 64.1 Å². The third kappa shape index (κ3) is 5.04. The van der Waals surface area contributed by atoms with Gasteiger partial charge in [-0.1, -0.05) is 12.8 Å². The van der Waals surface area contributed by atoms with E-state index in [0.717, 1.165) is 48.3 Å². The first-order valence-corrected chi connectivity index (χ1v) is 12.3. The Morgan fingerprint density at radius 3 is 2.41 bits per heavy atom. The molecule has 0 unspecified atom stereocenters. The van der Waals surface area contributed by atoms with Crippen LogP contribution in [0.2, 0.25) is 0 Å². The molecule has 0 spiro atoms. The number of ether oxygens (including phenoxy) is 4. The predicted octanol–water partition coefficient (Wildman–Crippen LogP) is 5.22. The van der Waals surface area contributed by atoms with Gasteiger partial charge in [-0.2, -0.15) is 0 Å². The highest BCUT2D eigenvalue weighted by atomic mass is 32.1. The lowest BCUT2D eigenvalue weighted by Gasteiger charge is -2.29. The summed E-state index contributed by atoms with van der Waals surface area (Å²) in [6.45, 7) is 3.77. The molecule has 1 amide bonds. The molecular formula is C25H33NO5S. The Balaban J connectivity index is 1.58. The lowest BCUT2D eigenvalue weighted by Crippen LogP contribution is -2.38. The lowest BCUT2D eigenvalue weighted by atomic mass is 10.1. The lowest BCUT2D eigenvalue weighted by molar-refractivity contribution is 0.0653. The molecule has 32 heavy (non-hydrogen) atoms. The Kier molecular flexibility index (Phi) is 7.58. The smallest absolute Gasteiger partial charge is 0.264 e.